The minimum absolute atomic E-state index is 0.158. The van der Waals surface area contributed by atoms with Crippen LogP contribution >= 0.6 is 11.3 Å². The van der Waals surface area contributed by atoms with Gasteiger partial charge in [0.15, 0.2) is 0 Å². The Labute approximate surface area is 147 Å². The van der Waals surface area contributed by atoms with E-state index < -0.39 is 5.97 Å². The quantitative estimate of drug-likeness (QED) is 0.710. The van der Waals surface area contributed by atoms with Crippen LogP contribution in [0, 0.1) is 0 Å². The van der Waals surface area contributed by atoms with Gasteiger partial charge in [-0.1, -0.05) is 52.5 Å². The van der Waals surface area contributed by atoms with Gasteiger partial charge >= 0.3 is 5.97 Å². The first-order valence-corrected chi connectivity index (χ1v) is 9.16. The Bertz CT molecular complexity index is 824. The molecule has 0 fully saturated rings. The Morgan fingerprint density at radius 1 is 1.04 bits per heavy atom. The van der Waals surface area contributed by atoms with Gasteiger partial charge in [0.05, 0.1) is 5.57 Å². The first-order chi connectivity index (χ1) is 11.1. The molecule has 0 bridgehead atoms. The molecule has 1 aliphatic carbocycles. The van der Waals surface area contributed by atoms with Gasteiger partial charge in [-0.3, -0.25) is 0 Å². The molecule has 3 heteroatoms. The van der Waals surface area contributed by atoms with E-state index in [9.17, 15) is 4.79 Å². The molecule has 1 heterocycles. The van der Waals surface area contributed by atoms with E-state index in [0.29, 0.717) is 0 Å². The maximum atomic E-state index is 11.1. The highest BCUT2D eigenvalue weighted by Gasteiger charge is 2.36. The maximum Gasteiger partial charge on any atom is 0.336 e. The third kappa shape index (κ3) is 2.82. The molecule has 0 saturated carbocycles. The number of carboxylic acid groups (broad SMARTS) is 1. The van der Waals surface area contributed by atoms with E-state index >= 15 is 0 Å². The van der Waals surface area contributed by atoms with Crippen LogP contribution in [0.3, 0.4) is 0 Å². The van der Waals surface area contributed by atoms with Crippen molar-refractivity contribution >= 4 is 22.9 Å². The zero-order valence-electron chi connectivity index (χ0n) is 14.8. The number of hydrogen-bond acceptors (Lipinski definition) is 2. The van der Waals surface area contributed by atoms with Crippen LogP contribution in [0.2, 0.25) is 0 Å². The molecular weight excluding hydrogens is 316 g/mol. The number of thiophene rings is 1. The number of carbonyl (C=O) groups is 1. The molecule has 126 valence electrons. The molecule has 1 aliphatic rings. The van der Waals surface area contributed by atoms with Crippen molar-refractivity contribution in [3.63, 3.8) is 0 Å². The molecule has 2 aromatic rings. The highest BCUT2D eigenvalue weighted by Crippen LogP contribution is 2.47. The third-order valence-electron chi connectivity index (χ3n) is 5.34. The van der Waals surface area contributed by atoms with Crippen LogP contribution in [0.1, 0.15) is 56.5 Å². The van der Waals surface area contributed by atoms with Crippen LogP contribution in [-0.4, -0.2) is 11.1 Å². The second-order valence-corrected chi connectivity index (χ2v) is 8.92. The molecule has 1 N–H and O–H groups in total. The first kappa shape index (κ1) is 17.0. The molecule has 0 saturated heterocycles. The van der Waals surface area contributed by atoms with Crippen molar-refractivity contribution in [3.05, 3.63) is 52.2 Å². The van der Waals surface area contributed by atoms with E-state index in [-0.39, 0.29) is 16.4 Å². The van der Waals surface area contributed by atoms with Gasteiger partial charge in [-0.05, 0) is 57.4 Å². The minimum atomic E-state index is -0.961. The molecule has 0 aliphatic heterocycles. The van der Waals surface area contributed by atoms with E-state index in [4.69, 9.17) is 5.11 Å². The smallest absolute Gasteiger partial charge is 0.336 e. The van der Waals surface area contributed by atoms with Crippen LogP contribution in [0.4, 0.5) is 0 Å². The van der Waals surface area contributed by atoms with Crippen molar-refractivity contribution in [2.24, 2.45) is 0 Å². The van der Waals surface area contributed by atoms with Gasteiger partial charge in [0.25, 0.3) is 0 Å². The lowest BCUT2D eigenvalue weighted by atomic mass is 9.63. The van der Waals surface area contributed by atoms with Crippen molar-refractivity contribution in [1.29, 1.82) is 0 Å². The number of hydrogen-bond donors (Lipinski definition) is 1. The van der Waals surface area contributed by atoms with Crippen molar-refractivity contribution in [1.82, 2.24) is 0 Å². The van der Waals surface area contributed by atoms with E-state index in [2.05, 4.69) is 52.5 Å². The van der Waals surface area contributed by atoms with Gasteiger partial charge in [-0.2, -0.15) is 0 Å². The van der Waals surface area contributed by atoms with E-state index in [1.807, 2.05) is 11.4 Å². The maximum absolute atomic E-state index is 11.1. The summed E-state index contributed by atoms with van der Waals surface area (Å²) in [6.07, 6.45) is 2.38. The summed E-state index contributed by atoms with van der Waals surface area (Å²) < 4.78 is 0. The summed E-state index contributed by atoms with van der Waals surface area (Å²) in [6, 6.07) is 8.65. The van der Waals surface area contributed by atoms with Gasteiger partial charge < -0.3 is 5.11 Å². The highest BCUT2D eigenvalue weighted by atomic mass is 32.1. The lowest BCUT2D eigenvalue weighted by Crippen LogP contribution is -2.33. The second kappa shape index (κ2) is 5.59. The largest absolute Gasteiger partial charge is 0.478 e. The minimum Gasteiger partial charge on any atom is -0.478 e. The van der Waals surface area contributed by atoms with Crippen molar-refractivity contribution in [3.8, 4) is 11.1 Å². The molecule has 3 rings (SSSR count). The summed E-state index contributed by atoms with van der Waals surface area (Å²) in [5.74, 6) is -0.961. The van der Waals surface area contributed by atoms with Crippen LogP contribution < -0.4 is 0 Å². The Morgan fingerprint density at radius 2 is 1.67 bits per heavy atom. The normalized spacial score (nSPS) is 18.0. The summed E-state index contributed by atoms with van der Waals surface area (Å²) in [6.45, 7) is 12.9. The summed E-state index contributed by atoms with van der Waals surface area (Å²) in [5, 5.41) is 11.1. The van der Waals surface area contributed by atoms with Gasteiger partial charge in [-0.25, -0.2) is 4.79 Å². The summed E-state index contributed by atoms with van der Waals surface area (Å²) in [4.78, 5) is 11.8. The number of benzene rings is 1. The van der Waals surface area contributed by atoms with Crippen LogP contribution in [0.25, 0.3) is 16.7 Å². The Hall–Kier alpha value is -1.87. The summed E-state index contributed by atoms with van der Waals surface area (Å²) in [5.41, 5.74) is 5.62. The van der Waals surface area contributed by atoms with E-state index in [1.165, 1.54) is 35.3 Å². The number of aliphatic carboxylic acids is 1. The topological polar surface area (TPSA) is 37.3 Å². The van der Waals surface area contributed by atoms with Gasteiger partial charge in [0.2, 0.25) is 0 Å². The predicted molar refractivity (Wildman–Crippen MR) is 102 cm³/mol. The molecule has 1 aromatic heterocycles. The van der Waals surface area contributed by atoms with Crippen LogP contribution in [-0.2, 0) is 15.6 Å². The molecular formula is C21H24O2S. The zero-order valence-corrected chi connectivity index (χ0v) is 15.6. The van der Waals surface area contributed by atoms with E-state index in [1.54, 1.807) is 0 Å². The number of fused-ring (bicyclic) bond motifs is 1. The molecule has 0 amide bonds. The molecule has 0 unspecified atom stereocenters. The monoisotopic (exact) mass is 340 g/mol. The fourth-order valence-corrected chi connectivity index (χ4v) is 4.40. The molecule has 1 aromatic carbocycles. The first-order valence-electron chi connectivity index (χ1n) is 8.28. The second-order valence-electron chi connectivity index (χ2n) is 8.01. The molecule has 0 spiro atoms. The lowest BCUT2D eigenvalue weighted by Gasteiger charge is -2.42. The van der Waals surface area contributed by atoms with Gasteiger partial charge in [0.1, 0.15) is 0 Å². The highest BCUT2D eigenvalue weighted by molar-refractivity contribution is 7.12. The molecule has 2 nitrogen and oxygen atoms in total. The fraction of sp³-hybridized carbons (Fsp3) is 0.381. The van der Waals surface area contributed by atoms with Crippen LogP contribution in [0.5, 0.6) is 0 Å². The molecule has 0 atom stereocenters. The fourth-order valence-electron chi connectivity index (χ4n) is 3.52. The predicted octanol–water partition coefficient (Wildman–Crippen LogP) is 5.86. The van der Waals surface area contributed by atoms with Crippen molar-refractivity contribution in [2.75, 3.05) is 0 Å². The van der Waals surface area contributed by atoms with Crippen molar-refractivity contribution < 1.29 is 9.90 Å². The third-order valence-corrected chi connectivity index (χ3v) is 6.33. The Morgan fingerprint density at radius 3 is 2.29 bits per heavy atom. The SMILES string of the molecule is C=C(C(=O)O)c1cc(-c2ccc3c(c2)C(C)(C)CCC3(C)C)cs1. The average Bonchev–Trinajstić information content (AvgIpc) is 3.00. The van der Waals surface area contributed by atoms with Crippen LogP contribution in [0.15, 0.2) is 36.2 Å². The van der Waals surface area contributed by atoms with Gasteiger partial charge in [0, 0.05) is 4.88 Å². The number of carboxylic acids is 1. The van der Waals surface area contributed by atoms with E-state index in [0.717, 1.165) is 16.0 Å². The molecule has 0 radical (unpaired) electrons. The summed E-state index contributed by atoms with van der Waals surface area (Å²) in [7, 11) is 0. The standard InChI is InChI=1S/C21H24O2S/c1-13(19(22)23)18-11-15(12-24-18)14-6-7-16-17(10-14)21(4,5)9-8-20(16,2)3/h6-7,10-12H,1,8-9H2,2-5H3,(H,22,23). The zero-order chi connectivity index (χ0) is 17.7. The Kier molecular flexibility index (Phi) is 3.95. The average molecular weight is 340 g/mol. The molecule has 24 heavy (non-hydrogen) atoms. The van der Waals surface area contributed by atoms with Gasteiger partial charge in [-0.15, -0.1) is 11.3 Å². The Balaban J connectivity index is 2.06. The number of rotatable bonds is 3. The van der Waals surface area contributed by atoms with Crippen molar-refractivity contribution in [2.45, 2.75) is 51.4 Å². The lowest BCUT2D eigenvalue weighted by molar-refractivity contribution is -0.130. The summed E-state index contributed by atoms with van der Waals surface area (Å²) >= 11 is 1.44.